The van der Waals surface area contributed by atoms with Crippen LogP contribution in [0.3, 0.4) is 0 Å². The van der Waals surface area contributed by atoms with Crippen LogP contribution in [0, 0.1) is 10.1 Å². The van der Waals surface area contributed by atoms with Gasteiger partial charge >= 0.3 is 0 Å². The first-order chi connectivity index (χ1) is 6.06. The van der Waals surface area contributed by atoms with Gasteiger partial charge in [0.2, 0.25) is 0 Å². The third kappa shape index (κ3) is 2.09. The first-order valence-electron chi connectivity index (χ1n) is 3.26. The molecule has 6 heteroatoms. The molecule has 0 heterocycles. The lowest BCUT2D eigenvalue weighted by molar-refractivity contribution is -0.386. The van der Waals surface area contributed by atoms with Crippen molar-refractivity contribution in [1.82, 2.24) is 0 Å². The maximum Gasteiger partial charge on any atom is 0.276 e. The molecule has 0 atom stereocenters. The lowest BCUT2D eigenvalue weighted by Gasteiger charge is -2.00. The van der Waals surface area contributed by atoms with E-state index in [4.69, 9.17) is 23.2 Å². The fourth-order valence-electron chi connectivity index (χ4n) is 0.863. The van der Waals surface area contributed by atoms with Crippen LogP contribution in [0.4, 0.5) is 5.69 Å². The fourth-order valence-corrected chi connectivity index (χ4v) is 1.21. The van der Waals surface area contributed by atoms with E-state index in [9.17, 15) is 15.2 Å². The van der Waals surface area contributed by atoms with Gasteiger partial charge in [0.1, 0.15) is 6.61 Å². The Morgan fingerprint density at radius 2 is 1.85 bits per heavy atom. The average molecular weight is 221 g/mol. The molecule has 0 spiro atoms. The van der Waals surface area contributed by atoms with E-state index >= 15 is 0 Å². The summed E-state index contributed by atoms with van der Waals surface area (Å²) in [5.74, 6) is 0. The highest BCUT2D eigenvalue weighted by molar-refractivity contribution is 6.42. The third-order valence-corrected chi connectivity index (χ3v) is 2.20. The molecule has 0 saturated carbocycles. The van der Waals surface area contributed by atoms with Gasteiger partial charge in [-0.3, -0.25) is 10.1 Å². The van der Waals surface area contributed by atoms with Gasteiger partial charge in [0.15, 0.2) is 0 Å². The SMILES string of the molecule is [O]Cc1cc(Cl)c(Cl)cc1[N+](=O)[O-]. The number of hydrogen-bond acceptors (Lipinski definition) is 2. The Bertz CT molecular complexity index is 354. The lowest BCUT2D eigenvalue weighted by Crippen LogP contribution is -1.94. The molecule has 0 N–H and O–H groups in total. The Kier molecular flexibility index (Phi) is 3.08. The lowest BCUT2D eigenvalue weighted by atomic mass is 10.2. The summed E-state index contributed by atoms with van der Waals surface area (Å²) in [6.07, 6.45) is 0. The number of nitro benzene ring substituents is 1. The summed E-state index contributed by atoms with van der Waals surface area (Å²) in [4.78, 5) is 9.75. The van der Waals surface area contributed by atoms with E-state index in [0.29, 0.717) is 0 Å². The molecule has 0 unspecified atom stereocenters. The molecule has 0 aliphatic rings. The summed E-state index contributed by atoms with van der Waals surface area (Å²) in [5.41, 5.74) is -0.246. The monoisotopic (exact) mass is 220 g/mol. The number of nitrogens with zero attached hydrogens (tertiary/aromatic N) is 1. The molecule has 0 aromatic heterocycles. The van der Waals surface area contributed by atoms with Crippen LogP contribution in [0.5, 0.6) is 0 Å². The van der Waals surface area contributed by atoms with Crippen molar-refractivity contribution in [3.8, 4) is 0 Å². The van der Waals surface area contributed by atoms with Crippen LogP contribution < -0.4 is 0 Å². The maximum atomic E-state index is 10.5. The second-order valence-corrected chi connectivity index (χ2v) is 3.11. The van der Waals surface area contributed by atoms with E-state index in [1.807, 2.05) is 0 Å². The molecule has 0 aliphatic carbocycles. The molecule has 0 bridgehead atoms. The van der Waals surface area contributed by atoms with Gasteiger partial charge in [-0.05, 0) is 6.07 Å². The van der Waals surface area contributed by atoms with Gasteiger partial charge in [-0.1, -0.05) is 23.2 Å². The highest BCUT2D eigenvalue weighted by Crippen LogP contribution is 2.30. The van der Waals surface area contributed by atoms with Gasteiger partial charge in [-0.2, -0.15) is 0 Å². The first kappa shape index (κ1) is 10.2. The van der Waals surface area contributed by atoms with E-state index in [0.717, 1.165) is 6.07 Å². The van der Waals surface area contributed by atoms with Crippen molar-refractivity contribution < 1.29 is 10.0 Å². The Labute approximate surface area is 83.9 Å². The van der Waals surface area contributed by atoms with Crippen LogP contribution in [0.1, 0.15) is 5.56 Å². The summed E-state index contributed by atoms with van der Waals surface area (Å²) >= 11 is 11.1. The minimum absolute atomic E-state index is 0.0411. The summed E-state index contributed by atoms with van der Waals surface area (Å²) in [5, 5.41) is 21.1. The molecule has 0 amide bonds. The van der Waals surface area contributed by atoms with Gasteiger partial charge in [-0.25, -0.2) is 5.11 Å². The summed E-state index contributed by atoms with van der Waals surface area (Å²) in [6, 6.07) is 2.30. The zero-order chi connectivity index (χ0) is 10.0. The molecule has 4 nitrogen and oxygen atoms in total. The fraction of sp³-hybridized carbons (Fsp3) is 0.143. The molecule has 1 aromatic rings. The molecule has 0 aliphatic heterocycles. The van der Waals surface area contributed by atoms with E-state index in [2.05, 4.69) is 0 Å². The van der Waals surface area contributed by atoms with Crippen molar-refractivity contribution in [3.05, 3.63) is 37.9 Å². The Hall–Kier alpha value is -0.840. The molecule has 1 aromatic carbocycles. The van der Waals surface area contributed by atoms with E-state index < -0.39 is 11.5 Å². The Morgan fingerprint density at radius 3 is 2.31 bits per heavy atom. The van der Waals surface area contributed by atoms with Gasteiger partial charge in [-0.15, -0.1) is 0 Å². The van der Waals surface area contributed by atoms with Gasteiger partial charge in [0.25, 0.3) is 5.69 Å². The number of hydrogen-bond donors (Lipinski definition) is 0. The average Bonchev–Trinajstić information content (AvgIpc) is 2.08. The molecular weight excluding hydrogens is 217 g/mol. The summed E-state index contributed by atoms with van der Waals surface area (Å²) in [6.45, 7) is -0.687. The normalized spacial score (nSPS) is 10.1. The maximum absolute atomic E-state index is 10.5. The Morgan fingerprint density at radius 1 is 1.31 bits per heavy atom. The number of benzene rings is 1. The minimum Gasteiger partial charge on any atom is -0.258 e. The van der Waals surface area contributed by atoms with Crippen LogP contribution >= 0.6 is 23.2 Å². The molecule has 1 radical (unpaired) electrons. The van der Waals surface area contributed by atoms with Gasteiger partial charge in [0, 0.05) is 6.07 Å². The first-order valence-corrected chi connectivity index (χ1v) is 4.02. The number of rotatable bonds is 2. The van der Waals surface area contributed by atoms with Crippen LogP contribution in [-0.2, 0) is 11.7 Å². The van der Waals surface area contributed by atoms with Crippen molar-refractivity contribution in [3.63, 3.8) is 0 Å². The van der Waals surface area contributed by atoms with Crippen molar-refractivity contribution in [2.45, 2.75) is 6.61 Å². The molecule has 69 valence electrons. The van der Waals surface area contributed by atoms with Crippen LogP contribution in [0.25, 0.3) is 0 Å². The van der Waals surface area contributed by atoms with Crippen molar-refractivity contribution in [2.24, 2.45) is 0 Å². The minimum atomic E-state index is -0.687. The van der Waals surface area contributed by atoms with E-state index in [1.165, 1.54) is 6.07 Å². The number of nitro groups is 1. The topological polar surface area (TPSA) is 63.0 Å². The standard InChI is InChI=1S/C7H4Cl2NO3/c8-5-1-4(3-11)7(10(12)13)2-6(5)9/h1-2H,3H2. The smallest absolute Gasteiger partial charge is 0.258 e. The zero-order valence-electron chi connectivity index (χ0n) is 6.29. The Balaban J connectivity index is 3.33. The van der Waals surface area contributed by atoms with Crippen LogP contribution in [-0.4, -0.2) is 4.92 Å². The summed E-state index contributed by atoms with van der Waals surface area (Å²) in [7, 11) is 0. The van der Waals surface area contributed by atoms with Crippen molar-refractivity contribution in [1.29, 1.82) is 0 Å². The molecule has 0 fully saturated rings. The molecule has 1 rings (SSSR count). The second kappa shape index (κ2) is 3.91. The van der Waals surface area contributed by atoms with Gasteiger partial charge in [0.05, 0.1) is 20.5 Å². The van der Waals surface area contributed by atoms with Crippen molar-refractivity contribution in [2.75, 3.05) is 0 Å². The zero-order valence-corrected chi connectivity index (χ0v) is 7.80. The highest BCUT2D eigenvalue weighted by atomic mass is 35.5. The quantitative estimate of drug-likeness (QED) is 0.569. The number of halogens is 2. The van der Waals surface area contributed by atoms with E-state index in [1.54, 1.807) is 0 Å². The van der Waals surface area contributed by atoms with Crippen LogP contribution in [0.2, 0.25) is 10.0 Å². The third-order valence-electron chi connectivity index (χ3n) is 1.47. The second-order valence-electron chi connectivity index (χ2n) is 2.30. The predicted octanol–water partition coefficient (Wildman–Crippen LogP) is 2.83. The molecular formula is C7H4Cl2NO3. The highest BCUT2D eigenvalue weighted by Gasteiger charge is 2.16. The molecule has 0 saturated heterocycles. The summed E-state index contributed by atoms with van der Waals surface area (Å²) < 4.78 is 0. The largest absolute Gasteiger partial charge is 0.276 e. The predicted molar refractivity (Wildman–Crippen MR) is 47.5 cm³/mol. The van der Waals surface area contributed by atoms with Gasteiger partial charge < -0.3 is 0 Å². The van der Waals surface area contributed by atoms with Crippen LogP contribution in [0.15, 0.2) is 12.1 Å². The molecule has 13 heavy (non-hydrogen) atoms. The van der Waals surface area contributed by atoms with Crippen molar-refractivity contribution >= 4 is 28.9 Å². The van der Waals surface area contributed by atoms with E-state index in [-0.39, 0.29) is 21.3 Å².